The summed E-state index contributed by atoms with van der Waals surface area (Å²) in [6, 6.07) is 8.87. The highest BCUT2D eigenvalue weighted by atomic mass is 16.5. The number of nitrogens with zero attached hydrogens (tertiary/aromatic N) is 1. The van der Waals surface area contributed by atoms with Crippen LogP contribution in [0, 0.1) is 6.92 Å². The Kier molecular flexibility index (Phi) is 2.64. The van der Waals surface area contributed by atoms with Gasteiger partial charge in [0.1, 0.15) is 11.5 Å². The van der Waals surface area contributed by atoms with Crippen molar-refractivity contribution < 1.29 is 4.74 Å². The molecule has 4 heteroatoms. The maximum absolute atomic E-state index is 5.69. The number of anilines is 2. The Hall–Kier alpha value is -2.23. The lowest BCUT2D eigenvalue weighted by Gasteiger charge is -2.08. The Balaban J connectivity index is 2.28. The highest BCUT2D eigenvalue weighted by Crippen LogP contribution is 2.27. The predicted molar refractivity (Wildman–Crippen MR) is 64.3 cm³/mol. The van der Waals surface area contributed by atoms with Gasteiger partial charge in [0.05, 0.1) is 17.1 Å². The number of rotatable bonds is 2. The maximum Gasteiger partial charge on any atom is 0.148 e. The fourth-order valence-corrected chi connectivity index (χ4v) is 1.32. The van der Waals surface area contributed by atoms with Crippen molar-refractivity contribution in [3.05, 3.63) is 42.2 Å². The lowest BCUT2D eigenvalue weighted by Crippen LogP contribution is -1.95. The molecular weight excluding hydrogens is 202 g/mol. The van der Waals surface area contributed by atoms with E-state index in [0.29, 0.717) is 22.9 Å². The summed E-state index contributed by atoms with van der Waals surface area (Å²) in [4.78, 5) is 4.13. The molecule has 0 aliphatic rings. The second-order valence-corrected chi connectivity index (χ2v) is 3.48. The molecule has 16 heavy (non-hydrogen) atoms. The summed E-state index contributed by atoms with van der Waals surface area (Å²) in [5, 5.41) is 0. The van der Waals surface area contributed by atoms with E-state index < -0.39 is 0 Å². The molecule has 82 valence electrons. The first-order valence-electron chi connectivity index (χ1n) is 4.91. The van der Waals surface area contributed by atoms with E-state index in [1.807, 2.05) is 19.1 Å². The Morgan fingerprint density at radius 3 is 2.62 bits per heavy atom. The molecule has 0 fully saturated rings. The molecule has 4 N–H and O–H groups in total. The molecule has 1 aromatic heterocycles. The van der Waals surface area contributed by atoms with Crippen molar-refractivity contribution in [3.8, 4) is 11.5 Å². The van der Waals surface area contributed by atoms with Crippen molar-refractivity contribution in [3.63, 3.8) is 0 Å². The molecule has 0 bridgehead atoms. The molecule has 0 aliphatic heterocycles. The normalized spacial score (nSPS) is 10.1. The number of aryl methyl sites for hydroxylation is 1. The average molecular weight is 215 g/mol. The molecule has 1 heterocycles. The number of ether oxygens (including phenoxy) is 1. The van der Waals surface area contributed by atoms with Gasteiger partial charge in [-0.25, -0.2) is 0 Å². The number of hydrogen-bond donors (Lipinski definition) is 2. The molecule has 0 saturated carbocycles. The van der Waals surface area contributed by atoms with Crippen LogP contribution >= 0.6 is 0 Å². The molecule has 4 nitrogen and oxygen atoms in total. The van der Waals surface area contributed by atoms with Gasteiger partial charge in [0.15, 0.2) is 0 Å². The molecule has 2 aromatic rings. The molecule has 2 rings (SSSR count). The lowest BCUT2D eigenvalue weighted by atomic mass is 10.2. The van der Waals surface area contributed by atoms with Gasteiger partial charge >= 0.3 is 0 Å². The fraction of sp³-hybridized carbons (Fsp3) is 0.0833. The third kappa shape index (κ3) is 2.06. The third-order valence-electron chi connectivity index (χ3n) is 2.24. The Morgan fingerprint density at radius 1 is 1.12 bits per heavy atom. The monoisotopic (exact) mass is 215 g/mol. The molecular formula is C12H13N3O. The van der Waals surface area contributed by atoms with Crippen LogP contribution < -0.4 is 16.2 Å². The van der Waals surface area contributed by atoms with Gasteiger partial charge in [0, 0.05) is 12.3 Å². The summed E-state index contributed by atoms with van der Waals surface area (Å²) in [7, 11) is 0. The second kappa shape index (κ2) is 4.10. The molecule has 0 aliphatic carbocycles. The van der Waals surface area contributed by atoms with Crippen LogP contribution in [0.2, 0.25) is 0 Å². The molecule has 0 atom stereocenters. The van der Waals surface area contributed by atoms with Crippen molar-refractivity contribution in [2.45, 2.75) is 6.92 Å². The predicted octanol–water partition coefficient (Wildman–Crippen LogP) is 2.35. The number of nitrogens with two attached hydrogens (primary N) is 2. The first kappa shape index (κ1) is 10.3. The van der Waals surface area contributed by atoms with Crippen LogP contribution in [-0.4, -0.2) is 4.98 Å². The van der Waals surface area contributed by atoms with Crippen LogP contribution in [0.1, 0.15) is 5.69 Å². The van der Waals surface area contributed by atoms with Gasteiger partial charge in [-0.3, -0.25) is 4.98 Å². The summed E-state index contributed by atoms with van der Waals surface area (Å²) in [6.45, 7) is 1.88. The standard InChI is InChI=1S/C12H13N3O/c1-8-12(3-2-6-15-8)16-9-4-5-10(13)11(14)7-9/h2-7H,13-14H2,1H3. The van der Waals surface area contributed by atoms with Crippen molar-refractivity contribution in [2.24, 2.45) is 0 Å². The van der Waals surface area contributed by atoms with E-state index in [0.717, 1.165) is 5.69 Å². The van der Waals surface area contributed by atoms with Gasteiger partial charge in [0.25, 0.3) is 0 Å². The quantitative estimate of drug-likeness (QED) is 0.754. The molecule has 0 spiro atoms. The number of aromatic nitrogens is 1. The van der Waals surface area contributed by atoms with Gasteiger partial charge in [-0.1, -0.05) is 0 Å². The minimum atomic E-state index is 0.513. The zero-order valence-electron chi connectivity index (χ0n) is 8.97. The van der Waals surface area contributed by atoms with E-state index in [4.69, 9.17) is 16.2 Å². The molecule has 0 radical (unpaired) electrons. The van der Waals surface area contributed by atoms with E-state index in [-0.39, 0.29) is 0 Å². The van der Waals surface area contributed by atoms with Gasteiger partial charge in [-0.15, -0.1) is 0 Å². The highest BCUT2D eigenvalue weighted by molar-refractivity contribution is 5.65. The van der Waals surface area contributed by atoms with Crippen LogP contribution in [0.25, 0.3) is 0 Å². The largest absolute Gasteiger partial charge is 0.455 e. The third-order valence-corrected chi connectivity index (χ3v) is 2.24. The zero-order valence-corrected chi connectivity index (χ0v) is 8.97. The number of hydrogen-bond acceptors (Lipinski definition) is 4. The SMILES string of the molecule is Cc1ncccc1Oc1ccc(N)c(N)c1. The molecule has 0 saturated heterocycles. The summed E-state index contributed by atoms with van der Waals surface area (Å²) >= 11 is 0. The van der Waals surface area contributed by atoms with Crippen LogP contribution in [0.5, 0.6) is 11.5 Å². The van der Waals surface area contributed by atoms with Crippen LogP contribution in [-0.2, 0) is 0 Å². The smallest absolute Gasteiger partial charge is 0.148 e. The average Bonchev–Trinajstić information content (AvgIpc) is 2.27. The number of benzene rings is 1. The Morgan fingerprint density at radius 2 is 1.94 bits per heavy atom. The summed E-state index contributed by atoms with van der Waals surface area (Å²) in [5.74, 6) is 1.37. The maximum atomic E-state index is 5.69. The second-order valence-electron chi connectivity index (χ2n) is 3.48. The van der Waals surface area contributed by atoms with Gasteiger partial charge in [-0.2, -0.15) is 0 Å². The van der Waals surface area contributed by atoms with Crippen molar-refractivity contribution in [2.75, 3.05) is 11.5 Å². The number of nitrogen functional groups attached to an aromatic ring is 2. The van der Waals surface area contributed by atoms with Crippen LogP contribution in [0.4, 0.5) is 11.4 Å². The van der Waals surface area contributed by atoms with Gasteiger partial charge < -0.3 is 16.2 Å². The number of pyridine rings is 1. The molecule has 0 amide bonds. The minimum absolute atomic E-state index is 0.513. The zero-order chi connectivity index (χ0) is 11.5. The minimum Gasteiger partial charge on any atom is -0.455 e. The van der Waals surface area contributed by atoms with E-state index in [1.165, 1.54) is 0 Å². The highest BCUT2D eigenvalue weighted by Gasteiger charge is 2.02. The summed E-state index contributed by atoms with van der Waals surface area (Å²) < 4.78 is 5.65. The van der Waals surface area contributed by atoms with Crippen LogP contribution in [0.3, 0.4) is 0 Å². The van der Waals surface area contributed by atoms with Crippen molar-refractivity contribution in [1.29, 1.82) is 0 Å². The van der Waals surface area contributed by atoms with Crippen molar-refractivity contribution >= 4 is 11.4 Å². The fourth-order valence-electron chi connectivity index (χ4n) is 1.32. The lowest BCUT2D eigenvalue weighted by molar-refractivity contribution is 0.476. The first-order chi connectivity index (χ1) is 7.66. The van der Waals surface area contributed by atoms with Gasteiger partial charge in [0.2, 0.25) is 0 Å². The summed E-state index contributed by atoms with van der Waals surface area (Å²) in [5.41, 5.74) is 13.2. The topological polar surface area (TPSA) is 74.2 Å². The Bertz CT molecular complexity index is 511. The molecule has 1 aromatic carbocycles. The summed E-state index contributed by atoms with van der Waals surface area (Å²) in [6.07, 6.45) is 1.72. The van der Waals surface area contributed by atoms with E-state index >= 15 is 0 Å². The van der Waals surface area contributed by atoms with E-state index in [1.54, 1.807) is 24.4 Å². The van der Waals surface area contributed by atoms with E-state index in [9.17, 15) is 0 Å². The Labute approximate surface area is 93.9 Å². The van der Waals surface area contributed by atoms with Crippen LogP contribution in [0.15, 0.2) is 36.5 Å². The van der Waals surface area contributed by atoms with Gasteiger partial charge in [-0.05, 0) is 31.2 Å². The van der Waals surface area contributed by atoms with E-state index in [2.05, 4.69) is 4.98 Å². The van der Waals surface area contributed by atoms with Crippen molar-refractivity contribution in [1.82, 2.24) is 4.98 Å². The molecule has 0 unspecified atom stereocenters. The first-order valence-corrected chi connectivity index (χ1v) is 4.91.